The van der Waals surface area contributed by atoms with Crippen LogP contribution >= 0.6 is 0 Å². The molecule has 1 atom stereocenters. The summed E-state index contributed by atoms with van der Waals surface area (Å²) < 4.78 is 0. The topological polar surface area (TPSA) is 78.4 Å². The van der Waals surface area contributed by atoms with E-state index in [4.69, 9.17) is 0 Å². The number of hydrogen-bond acceptors (Lipinski definition) is 5. The molecule has 2 N–H and O–H groups in total. The zero-order valence-electron chi connectivity index (χ0n) is 15.9. The Kier molecular flexibility index (Phi) is 6.53. The number of rotatable bonds is 8. The number of nitrogens with zero attached hydrogens (tertiary/aromatic N) is 3. The van der Waals surface area contributed by atoms with Crippen LogP contribution in [0.25, 0.3) is 0 Å². The average molecular weight is 368 g/mol. The number of aromatic nitrogens is 2. The van der Waals surface area contributed by atoms with Gasteiger partial charge in [0.1, 0.15) is 0 Å². The van der Waals surface area contributed by atoms with Crippen LogP contribution in [-0.4, -0.2) is 51.1 Å². The Hall–Kier alpha value is -2.31. The Balaban J connectivity index is 1.47. The number of carbonyl (C=O) groups excluding carboxylic acids is 1. The minimum atomic E-state index is -1.33. The van der Waals surface area contributed by atoms with Gasteiger partial charge in [-0.05, 0) is 38.2 Å². The molecule has 0 aliphatic carbocycles. The average Bonchev–Trinajstić information content (AvgIpc) is 2.68. The van der Waals surface area contributed by atoms with Crippen LogP contribution in [0.4, 0.5) is 0 Å². The molecule has 1 aliphatic rings. The first-order chi connectivity index (χ1) is 13.1. The summed E-state index contributed by atoms with van der Waals surface area (Å²) in [5, 5.41) is 14.0. The number of aryl methyl sites for hydroxylation is 2. The minimum Gasteiger partial charge on any atom is -0.379 e. The first-order valence-electron chi connectivity index (χ1n) is 9.61. The zero-order valence-corrected chi connectivity index (χ0v) is 15.9. The molecule has 6 nitrogen and oxygen atoms in total. The number of benzene rings is 1. The molecular weight excluding hydrogens is 340 g/mol. The van der Waals surface area contributed by atoms with Gasteiger partial charge >= 0.3 is 0 Å². The molecule has 1 saturated heterocycles. The highest BCUT2D eigenvalue weighted by Gasteiger charge is 2.41. The second kappa shape index (κ2) is 9.06. The van der Waals surface area contributed by atoms with Gasteiger partial charge in [0.05, 0.1) is 11.4 Å². The summed E-state index contributed by atoms with van der Waals surface area (Å²) in [7, 11) is 0. The molecule has 0 saturated carbocycles. The lowest BCUT2D eigenvalue weighted by Crippen LogP contribution is -2.58. The van der Waals surface area contributed by atoms with E-state index < -0.39 is 5.60 Å². The van der Waals surface area contributed by atoms with E-state index in [2.05, 4.69) is 27.4 Å². The largest absolute Gasteiger partial charge is 0.379 e. The van der Waals surface area contributed by atoms with Gasteiger partial charge in [-0.1, -0.05) is 30.3 Å². The summed E-state index contributed by atoms with van der Waals surface area (Å²) >= 11 is 0. The summed E-state index contributed by atoms with van der Waals surface area (Å²) in [6.45, 7) is 4.01. The molecule has 0 bridgehead atoms. The van der Waals surface area contributed by atoms with Crippen LogP contribution in [0.1, 0.15) is 36.2 Å². The van der Waals surface area contributed by atoms with Gasteiger partial charge in [0.15, 0.2) is 5.60 Å². The fourth-order valence-corrected chi connectivity index (χ4v) is 3.47. The second-order valence-corrected chi connectivity index (χ2v) is 7.27. The van der Waals surface area contributed by atoms with Gasteiger partial charge in [-0.2, -0.15) is 0 Å². The highest BCUT2D eigenvalue weighted by molar-refractivity contribution is 5.86. The molecule has 0 spiro atoms. The first-order valence-corrected chi connectivity index (χ1v) is 9.61. The predicted octanol–water partition coefficient (Wildman–Crippen LogP) is 1.86. The summed E-state index contributed by atoms with van der Waals surface area (Å²) in [4.78, 5) is 23.1. The highest BCUT2D eigenvalue weighted by Crippen LogP contribution is 2.22. The molecule has 3 rings (SSSR count). The minimum absolute atomic E-state index is 0.163. The molecular formula is C21H28N4O2. The van der Waals surface area contributed by atoms with Crippen molar-refractivity contribution in [3.63, 3.8) is 0 Å². The number of carbonyl (C=O) groups is 1. The van der Waals surface area contributed by atoms with Crippen LogP contribution in [0.2, 0.25) is 0 Å². The van der Waals surface area contributed by atoms with Gasteiger partial charge in [0.2, 0.25) is 0 Å². The van der Waals surface area contributed by atoms with Crippen LogP contribution in [0.15, 0.2) is 42.7 Å². The van der Waals surface area contributed by atoms with Gasteiger partial charge in [-0.15, -0.1) is 0 Å². The third kappa shape index (κ3) is 5.34. The molecule has 1 aromatic heterocycles. The predicted molar refractivity (Wildman–Crippen MR) is 104 cm³/mol. The molecule has 1 aliphatic heterocycles. The normalized spacial score (nSPS) is 20.1. The van der Waals surface area contributed by atoms with Crippen molar-refractivity contribution >= 4 is 5.91 Å². The Labute approximate surface area is 160 Å². The summed E-state index contributed by atoms with van der Waals surface area (Å²) in [6.07, 6.45) is 6.58. The van der Waals surface area contributed by atoms with Crippen molar-refractivity contribution in [1.82, 2.24) is 20.2 Å². The maximum absolute atomic E-state index is 12.8. The van der Waals surface area contributed by atoms with Crippen LogP contribution in [0.3, 0.4) is 0 Å². The molecule has 2 heterocycles. The second-order valence-electron chi connectivity index (χ2n) is 7.27. The first kappa shape index (κ1) is 19.5. The van der Waals surface area contributed by atoms with Crippen LogP contribution in [-0.2, 0) is 17.8 Å². The Morgan fingerprint density at radius 3 is 2.78 bits per heavy atom. The Morgan fingerprint density at radius 2 is 2.04 bits per heavy atom. The van der Waals surface area contributed by atoms with Gasteiger partial charge in [-0.3, -0.25) is 14.8 Å². The molecule has 144 valence electrons. The van der Waals surface area contributed by atoms with Crippen LogP contribution < -0.4 is 5.32 Å². The molecule has 0 unspecified atom stereocenters. The van der Waals surface area contributed by atoms with E-state index in [1.165, 1.54) is 5.56 Å². The number of nitrogens with one attached hydrogen (secondary N) is 1. The van der Waals surface area contributed by atoms with E-state index in [1.807, 2.05) is 25.1 Å². The fourth-order valence-electron chi connectivity index (χ4n) is 3.47. The molecule has 2 aromatic rings. The Bertz CT molecular complexity index is 736. The van der Waals surface area contributed by atoms with E-state index in [0.29, 0.717) is 19.5 Å². The van der Waals surface area contributed by atoms with E-state index in [-0.39, 0.29) is 12.5 Å². The van der Waals surface area contributed by atoms with Gasteiger partial charge in [-0.25, -0.2) is 0 Å². The van der Waals surface area contributed by atoms with Crippen LogP contribution in [0, 0.1) is 6.92 Å². The van der Waals surface area contributed by atoms with Crippen molar-refractivity contribution in [2.24, 2.45) is 0 Å². The van der Waals surface area contributed by atoms with E-state index in [1.54, 1.807) is 17.3 Å². The third-order valence-corrected chi connectivity index (χ3v) is 5.00. The van der Waals surface area contributed by atoms with Crippen LogP contribution in [0.5, 0.6) is 0 Å². The third-order valence-electron chi connectivity index (χ3n) is 5.00. The molecule has 27 heavy (non-hydrogen) atoms. The Morgan fingerprint density at radius 1 is 1.22 bits per heavy atom. The van der Waals surface area contributed by atoms with E-state index in [0.717, 1.165) is 37.2 Å². The van der Waals surface area contributed by atoms with Crippen molar-refractivity contribution < 1.29 is 9.90 Å². The SMILES string of the molecule is Cc1cnc(CNC[C@]2(O)CCCN(CCCc3ccccc3)C2=O)cn1. The number of amides is 1. The molecule has 6 heteroatoms. The lowest BCUT2D eigenvalue weighted by Gasteiger charge is -2.38. The lowest BCUT2D eigenvalue weighted by atomic mass is 9.91. The molecule has 1 aromatic carbocycles. The summed E-state index contributed by atoms with van der Waals surface area (Å²) in [5.74, 6) is -0.163. The number of aliphatic hydroxyl groups is 1. The van der Waals surface area contributed by atoms with Crippen molar-refractivity contribution in [3.05, 3.63) is 59.7 Å². The maximum atomic E-state index is 12.8. The zero-order chi connectivity index (χ0) is 19.1. The van der Waals surface area contributed by atoms with E-state index in [9.17, 15) is 9.90 Å². The van der Waals surface area contributed by atoms with Crippen molar-refractivity contribution in [1.29, 1.82) is 0 Å². The number of piperidine rings is 1. The lowest BCUT2D eigenvalue weighted by molar-refractivity contribution is -0.156. The van der Waals surface area contributed by atoms with Gasteiger partial charge in [0.25, 0.3) is 5.91 Å². The van der Waals surface area contributed by atoms with E-state index >= 15 is 0 Å². The maximum Gasteiger partial charge on any atom is 0.255 e. The standard InChI is InChI=1S/C21H28N4O2/c1-17-13-24-19(15-23-17)14-22-16-21(27)10-6-12-25(20(21)26)11-5-9-18-7-3-2-4-8-18/h2-4,7-8,13,15,22,27H,5-6,9-12,14,16H2,1H3/t21-/m1/s1. The highest BCUT2D eigenvalue weighted by atomic mass is 16.3. The van der Waals surface area contributed by atoms with Gasteiger partial charge < -0.3 is 15.3 Å². The smallest absolute Gasteiger partial charge is 0.255 e. The summed E-state index contributed by atoms with van der Waals surface area (Å²) in [6, 6.07) is 10.3. The van der Waals surface area contributed by atoms with Crippen molar-refractivity contribution in [2.75, 3.05) is 19.6 Å². The number of likely N-dealkylation sites (tertiary alicyclic amines) is 1. The summed E-state index contributed by atoms with van der Waals surface area (Å²) in [5.41, 5.74) is 1.61. The van der Waals surface area contributed by atoms with Crippen molar-refractivity contribution in [2.45, 2.75) is 44.8 Å². The van der Waals surface area contributed by atoms with Crippen molar-refractivity contribution in [3.8, 4) is 0 Å². The monoisotopic (exact) mass is 368 g/mol. The number of hydrogen-bond donors (Lipinski definition) is 2. The molecule has 1 amide bonds. The fraction of sp³-hybridized carbons (Fsp3) is 0.476. The molecule has 0 radical (unpaired) electrons. The molecule has 1 fully saturated rings. The van der Waals surface area contributed by atoms with Gasteiger partial charge in [0, 0.05) is 38.6 Å². The quantitative estimate of drug-likeness (QED) is 0.744.